The molecular weight excluding hydrogens is 312 g/mol. The minimum atomic E-state index is -0.457. The number of furan rings is 1. The maximum atomic E-state index is 6.18. The van der Waals surface area contributed by atoms with Gasteiger partial charge in [0.05, 0.1) is 11.2 Å². The van der Waals surface area contributed by atoms with Crippen LogP contribution < -0.4 is 5.46 Å². The molecule has 3 aromatic rings. The Kier molecular flexibility index (Phi) is 3.08. The number of hydrogen-bond donors (Lipinski definition) is 0. The summed E-state index contributed by atoms with van der Waals surface area (Å²) in [7, 11) is -0.457. The van der Waals surface area contributed by atoms with Crippen LogP contribution in [-0.4, -0.2) is 23.3 Å². The number of benzene rings is 1. The average molecular weight is 330 g/mol. The second-order valence-corrected chi connectivity index (χ2v) is 7.35. The zero-order chi connectivity index (χ0) is 16.4. The second kappa shape index (κ2) is 4.73. The number of pyridine rings is 1. The number of nitrogens with zero attached hydrogens (tertiary/aromatic N) is 1. The van der Waals surface area contributed by atoms with Crippen molar-refractivity contribution < 1.29 is 13.7 Å². The summed E-state index contributed by atoms with van der Waals surface area (Å²) in [4.78, 5) is 4.33. The molecule has 0 saturated carbocycles. The Bertz CT molecular complexity index is 903. The van der Waals surface area contributed by atoms with Crippen molar-refractivity contribution in [2.45, 2.75) is 38.9 Å². The highest BCUT2D eigenvalue weighted by atomic mass is 35.5. The van der Waals surface area contributed by atoms with Crippen LogP contribution in [0.5, 0.6) is 0 Å². The monoisotopic (exact) mass is 329 g/mol. The molecule has 4 nitrogen and oxygen atoms in total. The van der Waals surface area contributed by atoms with Crippen molar-refractivity contribution in [3.05, 3.63) is 35.5 Å². The fourth-order valence-corrected chi connectivity index (χ4v) is 3.02. The van der Waals surface area contributed by atoms with Crippen molar-refractivity contribution in [2.75, 3.05) is 0 Å². The summed E-state index contributed by atoms with van der Waals surface area (Å²) in [6.45, 7) is 8.16. The molecule has 1 saturated heterocycles. The molecule has 6 heteroatoms. The summed E-state index contributed by atoms with van der Waals surface area (Å²) in [6, 6.07) is 7.51. The summed E-state index contributed by atoms with van der Waals surface area (Å²) in [5.74, 6) is 0. The van der Waals surface area contributed by atoms with Gasteiger partial charge in [-0.25, -0.2) is 4.98 Å². The van der Waals surface area contributed by atoms with Gasteiger partial charge in [0.1, 0.15) is 5.58 Å². The number of aromatic nitrogens is 1. The number of halogens is 1. The molecule has 0 bridgehead atoms. The highest BCUT2D eigenvalue weighted by molar-refractivity contribution is 6.65. The van der Waals surface area contributed by atoms with Crippen LogP contribution in [0.4, 0.5) is 0 Å². The van der Waals surface area contributed by atoms with E-state index in [2.05, 4.69) is 4.98 Å². The predicted molar refractivity (Wildman–Crippen MR) is 92.2 cm³/mol. The molecule has 0 atom stereocenters. The van der Waals surface area contributed by atoms with Crippen LogP contribution in [0.25, 0.3) is 22.1 Å². The van der Waals surface area contributed by atoms with Crippen LogP contribution in [0, 0.1) is 0 Å². The lowest BCUT2D eigenvalue weighted by molar-refractivity contribution is 0.00578. The van der Waals surface area contributed by atoms with Gasteiger partial charge < -0.3 is 13.7 Å². The third-order valence-corrected chi connectivity index (χ3v) is 5.11. The largest absolute Gasteiger partial charge is 0.495 e. The van der Waals surface area contributed by atoms with Crippen LogP contribution >= 0.6 is 11.6 Å². The summed E-state index contributed by atoms with van der Waals surface area (Å²) < 4.78 is 18.2. The molecule has 3 heterocycles. The molecule has 2 aromatic heterocycles. The Hall–Kier alpha value is -1.56. The Balaban J connectivity index is 1.93. The van der Waals surface area contributed by atoms with E-state index in [4.69, 9.17) is 25.3 Å². The minimum absolute atomic E-state index is 0.393. The molecule has 0 aliphatic carbocycles. The molecule has 23 heavy (non-hydrogen) atoms. The van der Waals surface area contributed by atoms with Gasteiger partial charge in [0.2, 0.25) is 5.71 Å². The molecule has 0 radical (unpaired) electrons. The quantitative estimate of drug-likeness (QED) is 0.634. The summed E-state index contributed by atoms with van der Waals surface area (Å²) in [6.07, 6.45) is 1.71. The molecule has 1 fully saturated rings. The topological polar surface area (TPSA) is 44.5 Å². The minimum Gasteiger partial charge on any atom is -0.438 e. The number of hydrogen-bond acceptors (Lipinski definition) is 4. The van der Waals surface area contributed by atoms with Crippen molar-refractivity contribution in [3.63, 3.8) is 0 Å². The standard InChI is InChI=1S/C17H17BClNO3/c1-16(2)17(3,4)23-18(22-16)12-7-8-20-15-14(12)11-6-5-10(19)9-13(11)21-15/h5-9H,1-4H3. The van der Waals surface area contributed by atoms with Gasteiger partial charge in [0.25, 0.3) is 0 Å². The molecule has 0 unspecified atom stereocenters. The lowest BCUT2D eigenvalue weighted by Gasteiger charge is -2.32. The van der Waals surface area contributed by atoms with Crippen LogP contribution in [-0.2, 0) is 9.31 Å². The third kappa shape index (κ3) is 2.18. The summed E-state index contributed by atoms with van der Waals surface area (Å²) in [5.41, 5.74) is 1.42. The van der Waals surface area contributed by atoms with Crippen molar-refractivity contribution in [1.82, 2.24) is 4.98 Å². The predicted octanol–water partition coefficient (Wildman–Crippen LogP) is 3.93. The molecule has 1 aliphatic rings. The van der Waals surface area contributed by atoms with Crippen LogP contribution in [0.2, 0.25) is 5.02 Å². The first kappa shape index (κ1) is 15.0. The van der Waals surface area contributed by atoms with Gasteiger partial charge in [-0.15, -0.1) is 0 Å². The Morgan fingerprint density at radius 2 is 1.74 bits per heavy atom. The van der Waals surface area contributed by atoms with E-state index in [1.165, 1.54) is 0 Å². The van der Waals surface area contributed by atoms with E-state index in [0.29, 0.717) is 16.3 Å². The SMILES string of the molecule is CC1(C)OB(c2ccnc3oc4cc(Cl)ccc4c23)OC1(C)C. The normalized spacial score (nSPS) is 19.8. The molecule has 0 amide bonds. The molecular formula is C17H17BClNO3. The van der Waals surface area contributed by atoms with Crippen molar-refractivity contribution in [2.24, 2.45) is 0 Å². The molecule has 0 N–H and O–H groups in total. The zero-order valence-corrected chi connectivity index (χ0v) is 14.3. The van der Waals surface area contributed by atoms with E-state index in [9.17, 15) is 0 Å². The third-order valence-electron chi connectivity index (χ3n) is 4.88. The maximum absolute atomic E-state index is 6.18. The van der Waals surface area contributed by atoms with Gasteiger partial charge in [-0.1, -0.05) is 11.6 Å². The smallest absolute Gasteiger partial charge is 0.438 e. The number of rotatable bonds is 1. The van der Waals surface area contributed by atoms with Gasteiger partial charge in [0.15, 0.2) is 0 Å². The van der Waals surface area contributed by atoms with Crippen LogP contribution in [0.1, 0.15) is 27.7 Å². The Morgan fingerprint density at radius 1 is 1.04 bits per heavy atom. The van der Waals surface area contributed by atoms with E-state index in [1.54, 1.807) is 12.3 Å². The maximum Gasteiger partial charge on any atom is 0.495 e. The van der Waals surface area contributed by atoms with E-state index in [1.807, 2.05) is 45.9 Å². The van der Waals surface area contributed by atoms with Gasteiger partial charge >= 0.3 is 7.12 Å². The fraction of sp³-hybridized carbons (Fsp3) is 0.353. The van der Waals surface area contributed by atoms with Gasteiger partial charge in [0, 0.05) is 28.1 Å². The lowest BCUT2D eigenvalue weighted by atomic mass is 9.77. The number of fused-ring (bicyclic) bond motifs is 3. The van der Waals surface area contributed by atoms with Crippen LogP contribution in [0.3, 0.4) is 0 Å². The van der Waals surface area contributed by atoms with Crippen molar-refractivity contribution in [1.29, 1.82) is 0 Å². The van der Waals surface area contributed by atoms with E-state index in [-0.39, 0.29) is 0 Å². The molecule has 1 aliphatic heterocycles. The van der Waals surface area contributed by atoms with Gasteiger partial charge in [-0.3, -0.25) is 0 Å². The fourth-order valence-electron chi connectivity index (χ4n) is 2.86. The first-order chi connectivity index (χ1) is 10.8. The van der Waals surface area contributed by atoms with Gasteiger partial charge in [-0.05, 0) is 51.4 Å². The van der Waals surface area contributed by atoms with E-state index in [0.717, 1.165) is 16.2 Å². The lowest BCUT2D eigenvalue weighted by Crippen LogP contribution is -2.41. The molecule has 1 aromatic carbocycles. The summed E-state index contributed by atoms with van der Waals surface area (Å²) >= 11 is 6.06. The van der Waals surface area contributed by atoms with E-state index >= 15 is 0 Å². The average Bonchev–Trinajstić information content (AvgIpc) is 2.92. The van der Waals surface area contributed by atoms with Crippen molar-refractivity contribution >= 4 is 46.3 Å². The highest BCUT2D eigenvalue weighted by Crippen LogP contribution is 2.38. The Labute approximate surface area is 139 Å². The van der Waals surface area contributed by atoms with Gasteiger partial charge in [-0.2, -0.15) is 0 Å². The highest BCUT2D eigenvalue weighted by Gasteiger charge is 2.52. The Morgan fingerprint density at radius 3 is 2.43 bits per heavy atom. The molecule has 4 rings (SSSR count). The second-order valence-electron chi connectivity index (χ2n) is 6.91. The molecule has 118 valence electrons. The first-order valence-electron chi connectivity index (χ1n) is 7.61. The van der Waals surface area contributed by atoms with Crippen LogP contribution in [0.15, 0.2) is 34.9 Å². The zero-order valence-electron chi connectivity index (χ0n) is 13.5. The molecule has 0 spiro atoms. The summed E-state index contributed by atoms with van der Waals surface area (Å²) in [5, 5.41) is 2.51. The van der Waals surface area contributed by atoms with Crippen molar-refractivity contribution in [3.8, 4) is 0 Å². The first-order valence-corrected chi connectivity index (χ1v) is 7.99. The van der Waals surface area contributed by atoms with E-state index < -0.39 is 18.3 Å².